The average molecular weight is 879 g/mol. The molecule has 0 saturated carbocycles. The van der Waals surface area contributed by atoms with E-state index in [9.17, 15) is 14.4 Å². The Morgan fingerprint density at radius 3 is 1.03 bits per heavy atom. The second-order valence-corrected chi connectivity index (χ2v) is 17.5. The highest BCUT2D eigenvalue weighted by Crippen LogP contribution is 2.15. The van der Waals surface area contributed by atoms with Gasteiger partial charge in [0.2, 0.25) is 0 Å². The number of carbonyl (C=O) groups is 3. The number of rotatable bonds is 47. The molecule has 0 aliphatic rings. The van der Waals surface area contributed by atoms with Crippen LogP contribution in [-0.2, 0) is 28.6 Å². The van der Waals surface area contributed by atoms with Crippen LogP contribution in [0.4, 0.5) is 0 Å². The van der Waals surface area contributed by atoms with Crippen LogP contribution in [0.15, 0.2) is 72.9 Å². The molecule has 0 bridgehead atoms. The molecule has 1 atom stereocenters. The molecule has 63 heavy (non-hydrogen) atoms. The van der Waals surface area contributed by atoms with E-state index in [0.29, 0.717) is 12.8 Å². The summed E-state index contributed by atoms with van der Waals surface area (Å²) in [4.78, 5) is 38.0. The van der Waals surface area contributed by atoms with E-state index in [0.717, 1.165) is 70.6 Å². The highest BCUT2D eigenvalue weighted by molar-refractivity contribution is 5.71. The third-order valence-electron chi connectivity index (χ3n) is 11.3. The maximum atomic E-state index is 12.8. The lowest BCUT2D eigenvalue weighted by molar-refractivity contribution is -0.167. The summed E-state index contributed by atoms with van der Waals surface area (Å²) in [6, 6.07) is 0. The number of hydrogen-bond donors (Lipinski definition) is 0. The van der Waals surface area contributed by atoms with Crippen molar-refractivity contribution in [2.24, 2.45) is 0 Å². The molecule has 0 aliphatic heterocycles. The first-order chi connectivity index (χ1) is 31.0. The summed E-state index contributed by atoms with van der Waals surface area (Å²) in [6.45, 7) is 6.44. The van der Waals surface area contributed by atoms with Crippen molar-refractivity contribution in [1.29, 1.82) is 0 Å². The summed E-state index contributed by atoms with van der Waals surface area (Å²) in [5, 5.41) is 0. The molecule has 362 valence electrons. The Hall–Kier alpha value is -3.15. The maximum absolute atomic E-state index is 12.8. The standard InChI is InChI=1S/C57H98O6/c1-4-7-10-13-16-19-22-25-26-27-28-29-30-33-35-38-41-44-47-50-56(59)62-53-54(63-57(60)51-48-45-42-39-36-32-24-21-18-15-12-9-6-3)52-61-55(58)49-46-43-40-37-34-31-23-20-17-14-11-8-5-2/h9,12,15-16,18-19,21-22,24-25,32,36,54H,4-8,10-11,13-14,17,20,23,26-31,33-35,37-53H2,1-3H3/b12-9+,18-15+,19-16+,24-21+,25-22+,36-32+. The molecule has 0 radical (unpaired) electrons. The molecule has 0 aromatic heterocycles. The van der Waals surface area contributed by atoms with E-state index in [1.807, 2.05) is 36.5 Å². The zero-order chi connectivity index (χ0) is 45.8. The molecule has 0 fully saturated rings. The van der Waals surface area contributed by atoms with Gasteiger partial charge in [0.1, 0.15) is 13.2 Å². The van der Waals surface area contributed by atoms with Gasteiger partial charge in [-0.1, -0.05) is 241 Å². The molecular weight excluding hydrogens is 781 g/mol. The molecule has 0 N–H and O–H groups in total. The van der Waals surface area contributed by atoms with Gasteiger partial charge in [-0.15, -0.1) is 0 Å². The molecular formula is C57H98O6. The minimum Gasteiger partial charge on any atom is -0.462 e. The van der Waals surface area contributed by atoms with Gasteiger partial charge in [0.15, 0.2) is 6.10 Å². The Morgan fingerprint density at radius 1 is 0.333 bits per heavy atom. The van der Waals surface area contributed by atoms with Crippen LogP contribution < -0.4 is 0 Å². The molecule has 0 heterocycles. The minimum atomic E-state index is -0.794. The number of allylic oxidation sites excluding steroid dienone is 12. The highest BCUT2D eigenvalue weighted by atomic mass is 16.6. The zero-order valence-corrected chi connectivity index (χ0v) is 41.3. The number of unbranched alkanes of at least 4 members (excludes halogenated alkanes) is 28. The van der Waals surface area contributed by atoms with E-state index >= 15 is 0 Å². The maximum Gasteiger partial charge on any atom is 0.306 e. The van der Waals surface area contributed by atoms with Crippen molar-refractivity contribution in [3.05, 3.63) is 72.9 Å². The lowest BCUT2D eigenvalue weighted by Gasteiger charge is -2.18. The summed E-state index contributed by atoms with van der Waals surface area (Å²) in [5.74, 6) is -0.930. The molecule has 1 unspecified atom stereocenters. The summed E-state index contributed by atoms with van der Waals surface area (Å²) in [6.07, 6.45) is 64.6. The van der Waals surface area contributed by atoms with Crippen molar-refractivity contribution >= 4 is 17.9 Å². The number of ether oxygens (including phenoxy) is 3. The van der Waals surface area contributed by atoms with Gasteiger partial charge in [-0.3, -0.25) is 14.4 Å². The highest BCUT2D eigenvalue weighted by Gasteiger charge is 2.19. The van der Waals surface area contributed by atoms with Gasteiger partial charge in [-0.2, -0.15) is 0 Å². The monoisotopic (exact) mass is 879 g/mol. The summed E-state index contributed by atoms with van der Waals surface area (Å²) >= 11 is 0. The van der Waals surface area contributed by atoms with Gasteiger partial charge >= 0.3 is 17.9 Å². The Bertz CT molecular complexity index is 1190. The van der Waals surface area contributed by atoms with Crippen LogP contribution in [-0.4, -0.2) is 37.2 Å². The number of hydrogen-bond acceptors (Lipinski definition) is 6. The zero-order valence-electron chi connectivity index (χ0n) is 41.3. The normalized spacial score (nSPS) is 12.6. The van der Waals surface area contributed by atoms with Gasteiger partial charge in [0.25, 0.3) is 0 Å². The van der Waals surface area contributed by atoms with Crippen LogP contribution >= 0.6 is 0 Å². The number of carbonyl (C=O) groups excluding carboxylic acids is 3. The second kappa shape index (κ2) is 51.5. The van der Waals surface area contributed by atoms with Gasteiger partial charge in [-0.25, -0.2) is 0 Å². The van der Waals surface area contributed by atoms with Crippen LogP contribution in [0.1, 0.15) is 252 Å². The SMILES string of the molecule is CC/C=C/C=C/C=C/C=C/CCCCCC(=O)OC(COC(=O)CCCCCCCCCCCC/C=C/C=C/CCCCC)COC(=O)CCCCCCCCCCCCCCC. The molecule has 0 aromatic rings. The Morgan fingerprint density at radius 2 is 0.619 bits per heavy atom. The lowest BCUT2D eigenvalue weighted by atomic mass is 10.0. The van der Waals surface area contributed by atoms with E-state index in [1.54, 1.807) is 0 Å². The van der Waals surface area contributed by atoms with Gasteiger partial charge < -0.3 is 14.2 Å². The minimum absolute atomic E-state index is 0.0907. The smallest absolute Gasteiger partial charge is 0.306 e. The third kappa shape index (κ3) is 49.7. The van der Waals surface area contributed by atoms with Crippen molar-refractivity contribution in [1.82, 2.24) is 0 Å². The fourth-order valence-electron chi connectivity index (χ4n) is 7.33. The van der Waals surface area contributed by atoms with Crippen LogP contribution in [0.5, 0.6) is 0 Å². The Labute approximate surface area is 389 Å². The van der Waals surface area contributed by atoms with Crippen molar-refractivity contribution in [3.63, 3.8) is 0 Å². The van der Waals surface area contributed by atoms with Crippen molar-refractivity contribution in [2.45, 2.75) is 258 Å². The molecule has 0 aliphatic carbocycles. The first-order valence-electron chi connectivity index (χ1n) is 26.5. The van der Waals surface area contributed by atoms with E-state index in [-0.39, 0.29) is 37.5 Å². The van der Waals surface area contributed by atoms with Crippen molar-refractivity contribution < 1.29 is 28.6 Å². The molecule has 0 saturated heterocycles. The lowest BCUT2D eigenvalue weighted by Crippen LogP contribution is -2.30. The predicted octanol–water partition coefficient (Wildman–Crippen LogP) is 17.4. The van der Waals surface area contributed by atoms with Gasteiger partial charge in [0.05, 0.1) is 0 Å². The van der Waals surface area contributed by atoms with Crippen LogP contribution in [0.25, 0.3) is 0 Å². The van der Waals surface area contributed by atoms with Crippen LogP contribution in [0.2, 0.25) is 0 Å². The molecule has 6 heteroatoms. The fraction of sp³-hybridized carbons (Fsp3) is 0.737. The topological polar surface area (TPSA) is 78.9 Å². The van der Waals surface area contributed by atoms with Crippen molar-refractivity contribution in [3.8, 4) is 0 Å². The largest absolute Gasteiger partial charge is 0.462 e. The van der Waals surface area contributed by atoms with Crippen LogP contribution in [0, 0.1) is 0 Å². The predicted molar refractivity (Wildman–Crippen MR) is 270 cm³/mol. The summed E-state index contributed by atoms with van der Waals surface area (Å²) < 4.78 is 16.8. The van der Waals surface area contributed by atoms with Crippen molar-refractivity contribution in [2.75, 3.05) is 13.2 Å². The summed E-state index contributed by atoms with van der Waals surface area (Å²) in [7, 11) is 0. The summed E-state index contributed by atoms with van der Waals surface area (Å²) in [5.41, 5.74) is 0. The van der Waals surface area contributed by atoms with E-state index in [4.69, 9.17) is 14.2 Å². The third-order valence-corrected chi connectivity index (χ3v) is 11.3. The van der Waals surface area contributed by atoms with Gasteiger partial charge in [0, 0.05) is 19.3 Å². The Balaban J connectivity index is 4.38. The quantitative estimate of drug-likeness (QED) is 0.0262. The molecule has 6 nitrogen and oxygen atoms in total. The Kier molecular flexibility index (Phi) is 48.9. The van der Waals surface area contributed by atoms with Gasteiger partial charge in [-0.05, 0) is 64.2 Å². The second-order valence-electron chi connectivity index (χ2n) is 17.5. The van der Waals surface area contributed by atoms with Crippen LogP contribution in [0.3, 0.4) is 0 Å². The average Bonchev–Trinajstić information content (AvgIpc) is 3.28. The van der Waals surface area contributed by atoms with E-state index in [2.05, 4.69) is 57.2 Å². The first kappa shape index (κ1) is 59.9. The first-order valence-corrected chi connectivity index (χ1v) is 26.5. The molecule has 0 spiro atoms. The molecule has 0 amide bonds. The number of esters is 3. The fourth-order valence-corrected chi connectivity index (χ4v) is 7.33. The van der Waals surface area contributed by atoms with E-state index < -0.39 is 6.10 Å². The van der Waals surface area contributed by atoms with E-state index in [1.165, 1.54) is 141 Å². The molecule has 0 aromatic carbocycles. The molecule has 0 rings (SSSR count).